The van der Waals surface area contributed by atoms with Gasteiger partial charge in [-0.3, -0.25) is 9.78 Å². The van der Waals surface area contributed by atoms with Crippen LogP contribution in [0.25, 0.3) is 27.9 Å². The Balaban J connectivity index is 1.23. The van der Waals surface area contributed by atoms with Gasteiger partial charge in [-0.15, -0.1) is 15.3 Å². The molecule has 12 heteroatoms. The Morgan fingerprint density at radius 3 is 2.73 bits per heavy atom. The van der Waals surface area contributed by atoms with Gasteiger partial charge < -0.3 is 23.6 Å². The van der Waals surface area contributed by atoms with Gasteiger partial charge in [0.05, 0.1) is 23.5 Å². The Morgan fingerprint density at radius 2 is 1.93 bits per heavy atom. The van der Waals surface area contributed by atoms with Crippen LogP contribution >= 0.6 is 0 Å². The van der Waals surface area contributed by atoms with Gasteiger partial charge >= 0.3 is 0 Å². The highest BCUT2D eigenvalue weighted by Gasteiger charge is 2.24. The Kier molecular flexibility index (Phi) is 7.10. The minimum atomic E-state index is -0.0516. The van der Waals surface area contributed by atoms with Gasteiger partial charge in [-0.05, 0) is 38.5 Å². The second-order valence-corrected chi connectivity index (χ2v) is 9.85. The third-order valence-corrected chi connectivity index (χ3v) is 6.77. The van der Waals surface area contributed by atoms with Crippen LogP contribution in [-0.2, 0) is 22.7 Å². The molecule has 0 spiro atoms. The van der Waals surface area contributed by atoms with Crippen molar-refractivity contribution < 1.29 is 23.5 Å². The molecule has 4 aromatic heterocycles. The first-order valence-corrected chi connectivity index (χ1v) is 13.1. The number of amides is 1. The van der Waals surface area contributed by atoms with Crippen LogP contribution in [-0.4, -0.2) is 73.2 Å². The summed E-state index contributed by atoms with van der Waals surface area (Å²) < 4.78 is 24.0. The van der Waals surface area contributed by atoms with Crippen LogP contribution in [0.1, 0.15) is 42.1 Å². The molecule has 1 amide bonds. The summed E-state index contributed by atoms with van der Waals surface area (Å²) in [6.45, 7) is 5.68. The van der Waals surface area contributed by atoms with Gasteiger partial charge in [0, 0.05) is 43.2 Å². The molecular weight excluding hydrogens is 514 g/mol. The van der Waals surface area contributed by atoms with E-state index < -0.39 is 0 Å². The second kappa shape index (κ2) is 11.0. The summed E-state index contributed by atoms with van der Waals surface area (Å²) in [4.78, 5) is 19.4. The number of aromatic nitrogens is 6. The van der Waals surface area contributed by atoms with Crippen LogP contribution < -0.4 is 4.74 Å². The molecule has 12 nitrogen and oxygen atoms in total. The molecule has 2 unspecified atom stereocenters. The molecule has 5 heterocycles. The number of nitrogens with zero attached hydrogens (tertiary/aromatic N) is 7. The maximum Gasteiger partial charge on any atom is 0.255 e. The first-order chi connectivity index (χ1) is 19.5. The van der Waals surface area contributed by atoms with Gasteiger partial charge in [0.2, 0.25) is 11.7 Å². The molecule has 40 heavy (non-hydrogen) atoms. The summed E-state index contributed by atoms with van der Waals surface area (Å²) in [6, 6.07) is 13.0. The fourth-order valence-electron chi connectivity index (χ4n) is 4.84. The van der Waals surface area contributed by atoms with Crippen LogP contribution in [0.2, 0.25) is 0 Å². The van der Waals surface area contributed by atoms with Gasteiger partial charge in [0.1, 0.15) is 13.2 Å². The zero-order valence-electron chi connectivity index (χ0n) is 22.5. The molecule has 1 saturated heterocycles. The normalized spacial score (nSPS) is 17.8. The van der Waals surface area contributed by atoms with E-state index in [1.54, 1.807) is 36.0 Å². The fourth-order valence-corrected chi connectivity index (χ4v) is 4.84. The minimum absolute atomic E-state index is 0.00958. The van der Waals surface area contributed by atoms with Crippen molar-refractivity contribution in [2.75, 3.05) is 20.2 Å². The van der Waals surface area contributed by atoms with Crippen LogP contribution in [0.3, 0.4) is 0 Å². The lowest BCUT2D eigenvalue weighted by Crippen LogP contribution is -2.36. The highest BCUT2D eigenvalue weighted by Crippen LogP contribution is 2.29. The summed E-state index contributed by atoms with van der Waals surface area (Å²) in [6.07, 6.45) is 2.52. The third-order valence-electron chi connectivity index (χ3n) is 6.77. The predicted molar refractivity (Wildman–Crippen MR) is 144 cm³/mol. The average Bonchev–Trinajstić information content (AvgIpc) is 3.56. The molecule has 1 aromatic carbocycles. The molecule has 0 radical (unpaired) electrons. The summed E-state index contributed by atoms with van der Waals surface area (Å²) in [5, 5.41) is 19.0. The van der Waals surface area contributed by atoms with Crippen LogP contribution in [0.4, 0.5) is 0 Å². The number of hydrogen-bond acceptors (Lipinski definition) is 10. The molecule has 2 atom stereocenters. The van der Waals surface area contributed by atoms with Crippen molar-refractivity contribution in [1.29, 1.82) is 0 Å². The number of rotatable bonds is 7. The predicted octanol–water partition coefficient (Wildman–Crippen LogP) is 3.69. The lowest BCUT2D eigenvalue weighted by Gasteiger charge is -2.22. The number of benzene rings is 1. The molecule has 5 aromatic rings. The standard InChI is InChI=1S/C28H29N7O5/c1-17-10-11-34(14-18(2)39-17)28(36)19-8-9-20(29-13-19)15-38-27-23-7-5-4-6-22(23)25-30-31-26(35(25)32-27)24-12-21(16-37-3)40-33-24/h4-9,12-13,17-18H,10-11,14-16H2,1-3H3. The van der Waals surface area contributed by atoms with E-state index in [4.69, 9.17) is 23.8 Å². The number of hydrogen-bond donors (Lipinski definition) is 0. The number of carbonyl (C=O) groups is 1. The van der Waals surface area contributed by atoms with Gasteiger partial charge in [-0.2, -0.15) is 4.52 Å². The lowest BCUT2D eigenvalue weighted by atomic mass is 10.2. The van der Waals surface area contributed by atoms with E-state index in [2.05, 4.69) is 20.3 Å². The van der Waals surface area contributed by atoms with E-state index in [0.717, 1.165) is 17.2 Å². The number of fused-ring (bicyclic) bond motifs is 3. The average molecular weight is 544 g/mol. The van der Waals surface area contributed by atoms with Crippen molar-refractivity contribution in [2.45, 2.75) is 45.7 Å². The van der Waals surface area contributed by atoms with Crippen molar-refractivity contribution in [3.8, 4) is 17.4 Å². The molecule has 0 saturated carbocycles. The number of ether oxygens (including phenoxy) is 3. The number of methoxy groups -OCH3 is 1. The molecule has 0 aliphatic carbocycles. The molecule has 1 aliphatic heterocycles. The summed E-state index contributed by atoms with van der Waals surface area (Å²) in [5.74, 6) is 1.32. The van der Waals surface area contributed by atoms with Gasteiger partial charge in [0.15, 0.2) is 17.1 Å². The molecule has 206 valence electrons. The Hall–Kier alpha value is -4.42. The van der Waals surface area contributed by atoms with Gasteiger partial charge in [0.25, 0.3) is 5.91 Å². The monoisotopic (exact) mass is 543 g/mol. The Bertz CT molecular complexity index is 1650. The highest BCUT2D eigenvalue weighted by molar-refractivity contribution is 5.97. The largest absolute Gasteiger partial charge is 0.470 e. The first kappa shape index (κ1) is 25.8. The molecule has 1 fully saturated rings. The number of pyridine rings is 1. The van der Waals surface area contributed by atoms with Crippen LogP contribution in [0, 0.1) is 0 Å². The van der Waals surface area contributed by atoms with Crippen molar-refractivity contribution in [2.24, 2.45) is 0 Å². The maximum absolute atomic E-state index is 13.1. The molecule has 1 aliphatic rings. The topological polar surface area (TPSA) is 130 Å². The van der Waals surface area contributed by atoms with E-state index >= 15 is 0 Å². The number of carbonyl (C=O) groups excluding carboxylic acids is 1. The Labute approximate surface area is 229 Å². The summed E-state index contributed by atoms with van der Waals surface area (Å²) >= 11 is 0. The molecular formula is C28H29N7O5. The van der Waals surface area contributed by atoms with Gasteiger partial charge in [-0.1, -0.05) is 23.4 Å². The zero-order chi connectivity index (χ0) is 27.6. The lowest BCUT2D eigenvalue weighted by molar-refractivity contribution is 0.0140. The summed E-state index contributed by atoms with van der Waals surface area (Å²) in [5.41, 5.74) is 2.24. The van der Waals surface area contributed by atoms with Crippen molar-refractivity contribution in [3.63, 3.8) is 0 Å². The van der Waals surface area contributed by atoms with Crippen molar-refractivity contribution in [1.82, 2.24) is 34.9 Å². The van der Waals surface area contributed by atoms with Crippen LogP contribution in [0.15, 0.2) is 53.2 Å². The van der Waals surface area contributed by atoms with Crippen LogP contribution in [0.5, 0.6) is 5.88 Å². The molecule has 0 N–H and O–H groups in total. The zero-order valence-corrected chi connectivity index (χ0v) is 22.5. The summed E-state index contributed by atoms with van der Waals surface area (Å²) in [7, 11) is 1.58. The molecule has 6 rings (SSSR count). The first-order valence-electron chi connectivity index (χ1n) is 13.1. The van der Waals surface area contributed by atoms with Crippen molar-refractivity contribution in [3.05, 3.63) is 65.7 Å². The Morgan fingerprint density at radius 1 is 1.07 bits per heavy atom. The van der Waals surface area contributed by atoms with Gasteiger partial charge in [-0.25, -0.2) is 0 Å². The van der Waals surface area contributed by atoms with E-state index in [1.165, 1.54) is 0 Å². The van der Waals surface area contributed by atoms with E-state index in [1.807, 2.05) is 43.0 Å². The smallest absolute Gasteiger partial charge is 0.255 e. The highest BCUT2D eigenvalue weighted by atomic mass is 16.5. The van der Waals surface area contributed by atoms with E-state index in [9.17, 15) is 4.79 Å². The van der Waals surface area contributed by atoms with E-state index in [0.29, 0.717) is 53.2 Å². The van der Waals surface area contributed by atoms with Crippen molar-refractivity contribution >= 4 is 22.3 Å². The second-order valence-electron chi connectivity index (χ2n) is 9.85. The van der Waals surface area contributed by atoms with E-state index in [-0.39, 0.29) is 31.3 Å². The quantitative estimate of drug-likeness (QED) is 0.300. The SMILES string of the molecule is COCc1cc(-c2nnc3c4ccccc4c(OCc4ccc(C(=O)N5CCC(C)OC(C)C5)cn4)nn23)no1. The maximum atomic E-state index is 13.1. The molecule has 0 bridgehead atoms. The minimum Gasteiger partial charge on any atom is -0.470 e. The fraction of sp³-hybridized carbons (Fsp3) is 0.357. The third kappa shape index (κ3) is 5.10.